The lowest BCUT2D eigenvalue weighted by atomic mass is 10.2. The highest BCUT2D eigenvalue weighted by Gasteiger charge is 2.18. The van der Waals surface area contributed by atoms with E-state index in [-0.39, 0.29) is 12.1 Å². The molecule has 0 saturated carbocycles. The van der Waals surface area contributed by atoms with Crippen LogP contribution in [0.15, 0.2) is 0 Å². The summed E-state index contributed by atoms with van der Waals surface area (Å²) in [6, 6.07) is 0.00140. The van der Waals surface area contributed by atoms with Crippen molar-refractivity contribution >= 4 is 22.5 Å². The van der Waals surface area contributed by atoms with Gasteiger partial charge in [-0.05, 0) is 38.8 Å². The third kappa shape index (κ3) is 4.42. The van der Waals surface area contributed by atoms with Gasteiger partial charge in [0.15, 0.2) is 0 Å². The number of nitrogens with zero attached hydrogens (tertiary/aromatic N) is 3. The Kier molecular flexibility index (Phi) is 5.72. The number of carbonyl (C=O) groups excluding carboxylic acids is 1. The van der Waals surface area contributed by atoms with Crippen LogP contribution in [0.4, 0.5) is 9.93 Å². The summed E-state index contributed by atoms with van der Waals surface area (Å²) in [4.78, 5) is 14.4. The van der Waals surface area contributed by atoms with Crippen molar-refractivity contribution in [1.29, 1.82) is 0 Å². The van der Waals surface area contributed by atoms with Crippen molar-refractivity contribution in [3.63, 3.8) is 0 Å². The normalized spacial score (nSPS) is 17.1. The molecule has 0 aromatic carbocycles. The summed E-state index contributed by atoms with van der Waals surface area (Å²) >= 11 is 1.42. The molecule has 6 nitrogen and oxygen atoms in total. The van der Waals surface area contributed by atoms with E-state index < -0.39 is 0 Å². The van der Waals surface area contributed by atoms with Crippen LogP contribution >= 0.6 is 11.3 Å². The second kappa shape index (κ2) is 7.54. The molecule has 1 aromatic heterocycles. The lowest BCUT2D eigenvalue weighted by Gasteiger charge is -2.23. The molecule has 1 aliphatic rings. The second-order valence-electron chi connectivity index (χ2n) is 5.07. The van der Waals surface area contributed by atoms with Gasteiger partial charge in [-0.3, -0.25) is 5.32 Å². The first kappa shape index (κ1) is 15.2. The van der Waals surface area contributed by atoms with E-state index in [9.17, 15) is 4.79 Å². The van der Waals surface area contributed by atoms with E-state index in [0.29, 0.717) is 5.13 Å². The molecule has 2 heterocycles. The summed E-state index contributed by atoms with van der Waals surface area (Å²) < 4.78 is 0. The van der Waals surface area contributed by atoms with Gasteiger partial charge in [0.1, 0.15) is 5.01 Å². The van der Waals surface area contributed by atoms with E-state index in [1.54, 1.807) is 0 Å². The quantitative estimate of drug-likeness (QED) is 0.843. The highest BCUT2D eigenvalue weighted by molar-refractivity contribution is 7.15. The number of aromatic nitrogens is 2. The minimum Gasteiger partial charge on any atom is -0.334 e. The van der Waals surface area contributed by atoms with Crippen LogP contribution in [0.5, 0.6) is 0 Å². The maximum absolute atomic E-state index is 12.0. The third-order valence-electron chi connectivity index (χ3n) is 3.50. The van der Waals surface area contributed by atoms with Crippen molar-refractivity contribution in [3.8, 4) is 0 Å². The zero-order valence-corrected chi connectivity index (χ0v) is 13.0. The van der Waals surface area contributed by atoms with Gasteiger partial charge in [-0.15, -0.1) is 10.2 Å². The summed E-state index contributed by atoms with van der Waals surface area (Å²) in [5.74, 6) is 0. The minimum absolute atomic E-state index is 0.185. The maximum Gasteiger partial charge on any atom is 0.321 e. The molecule has 112 valence electrons. The number of hydrogen-bond acceptors (Lipinski definition) is 5. The van der Waals surface area contributed by atoms with Crippen LogP contribution in [0.3, 0.4) is 0 Å². The molecule has 0 aliphatic carbocycles. The van der Waals surface area contributed by atoms with Crippen LogP contribution in [-0.4, -0.2) is 46.8 Å². The van der Waals surface area contributed by atoms with E-state index in [1.165, 1.54) is 24.2 Å². The number of likely N-dealkylation sites (tertiary alicyclic amines) is 1. The van der Waals surface area contributed by atoms with Gasteiger partial charge < -0.3 is 10.2 Å². The van der Waals surface area contributed by atoms with Crippen molar-refractivity contribution in [3.05, 3.63) is 5.01 Å². The van der Waals surface area contributed by atoms with E-state index in [1.807, 2.05) is 6.92 Å². The number of carbonyl (C=O) groups is 1. The second-order valence-corrected chi connectivity index (χ2v) is 6.13. The Balaban J connectivity index is 1.78. The van der Waals surface area contributed by atoms with Crippen LogP contribution < -0.4 is 10.6 Å². The number of aryl methyl sites for hydroxylation is 1. The van der Waals surface area contributed by atoms with Crippen molar-refractivity contribution < 1.29 is 4.79 Å². The highest BCUT2D eigenvalue weighted by atomic mass is 32.1. The summed E-state index contributed by atoms with van der Waals surface area (Å²) in [5.41, 5.74) is 0. The molecule has 2 amide bonds. The van der Waals surface area contributed by atoms with Gasteiger partial charge in [0, 0.05) is 12.6 Å². The third-order valence-corrected chi connectivity index (χ3v) is 4.48. The molecule has 20 heavy (non-hydrogen) atoms. The molecule has 0 radical (unpaired) electrons. The number of hydrogen-bond donors (Lipinski definition) is 2. The summed E-state index contributed by atoms with van der Waals surface area (Å²) in [5, 5.41) is 15.2. The molecule has 0 bridgehead atoms. The largest absolute Gasteiger partial charge is 0.334 e. The predicted molar refractivity (Wildman–Crippen MR) is 81.2 cm³/mol. The van der Waals surface area contributed by atoms with Gasteiger partial charge in [0.25, 0.3) is 0 Å². The Morgan fingerprint density at radius 2 is 2.10 bits per heavy atom. The van der Waals surface area contributed by atoms with Crippen LogP contribution in [0.1, 0.15) is 38.1 Å². The SMILES string of the molecule is CCc1nnc(NC(=O)N[C@@H](CC)CN2CCCC2)s1. The summed E-state index contributed by atoms with van der Waals surface area (Å²) in [6.45, 7) is 7.35. The van der Waals surface area contributed by atoms with Gasteiger partial charge in [-0.25, -0.2) is 4.79 Å². The molecule has 0 unspecified atom stereocenters. The van der Waals surface area contributed by atoms with E-state index in [4.69, 9.17) is 0 Å². The summed E-state index contributed by atoms with van der Waals surface area (Å²) in [7, 11) is 0. The number of nitrogens with one attached hydrogen (secondary N) is 2. The minimum atomic E-state index is -0.185. The van der Waals surface area contributed by atoms with Crippen LogP contribution in [0.2, 0.25) is 0 Å². The zero-order chi connectivity index (χ0) is 14.4. The van der Waals surface area contributed by atoms with E-state index in [2.05, 4.69) is 32.7 Å². The highest BCUT2D eigenvalue weighted by Crippen LogP contribution is 2.15. The van der Waals surface area contributed by atoms with Gasteiger partial charge >= 0.3 is 6.03 Å². The van der Waals surface area contributed by atoms with Crippen molar-refractivity contribution in [2.24, 2.45) is 0 Å². The molecule has 2 N–H and O–H groups in total. The average molecular weight is 297 g/mol. The fraction of sp³-hybridized carbons (Fsp3) is 0.769. The molecule has 1 fully saturated rings. The van der Waals surface area contributed by atoms with Gasteiger partial charge in [0.2, 0.25) is 5.13 Å². The average Bonchev–Trinajstić information content (AvgIpc) is 3.09. The van der Waals surface area contributed by atoms with Gasteiger partial charge in [0.05, 0.1) is 0 Å². The number of anilines is 1. The number of urea groups is 1. The number of amides is 2. The first-order valence-corrected chi connectivity index (χ1v) is 8.15. The van der Waals surface area contributed by atoms with Crippen LogP contribution in [-0.2, 0) is 6.42 Å². The number of rotatable bonds is 6. The fourth-order valence-electron chi connectivity index (χ4n) is 2.32. The van der Waals surface area contributed by atoms with Gasteiger partial charge in [-0.1, -0.05) is 25.2 Å². The Labute approximate surface area is 124 Å². The Morgan fingerprint density at radius 3 is 2.70 bits per heavy atom. The first-order valence-electron chi connectivity index (χ1n) is 7.33. The van der Waals surface area contributed by atoms with Crippen LogP contribution in [0.25, 0.3) is 0 Å². The molecule has 1 aromatic rings. The van der Waals surface area contributed by atoms with Crippen molar-refractivity contribution in [1.82, 2.24) is 20.4 Å². The van der Waals surface area contributed by atoms with E-state index in [0.717, 1.165) is 37.5 Å². The lowest BCUT2D eigenvalue weighted by Crippen LogP contribution is -2.44. The molecular weight excluding hydrogens is 274 g/mol. The van der Waals surface area contributed by atoms with Crippen molar-refractivity contribution in [2.75, 3.05) is 25.0 Å². The summed E-state index contributed by atoms with van der Waals surface area (Å²) in [6.07, 6.45) is 4.31. The zero-order valence-electron chi connectivity index (χ0n) is 12.2. The first-order chi connectivity index (χ1) is 9.71. The predicted octanol–water partition coefficient (Wildman–Crippen LogP) is 2.10. The fourth-order valence-corrected chi connectivity index (χ4v) is 2.99. The molecular formula is C13H23N5OS. The Bertz CT molecular complexity index is 430. The molecule has 1 atom stereocenters. The standard InChI is InChI=1S/C13H23N5OS/c1-3-10(9-18-7-5-6-8-18)14-12(19)15-13-17-16-11(4-2)20-13/h10H,3-9H2,1-2H3,(H2,14,15,17,19)/t10-/m0/s1. The smallest absolute Gasteiger partial charge is 0.321 e. The Hall–Kier alpha value is -1.21. The molecule has 2 rings (SSSR count). The van der Waals surface area contributed by atoms with Crippen molar-refractivity contribution in [2.45, 2.75) is 45.6 Å². The van der Waals surface area contributed by atoms with E-state index >= 15 is 0 Å². The van der Waals surface area contributed by atoms with Gasteiger partial charge in [-0.2, -0.15) is 0 Å². The maximum atomic E-state index is 12.0. The molecule has 1 saturated heterocycles. The van der Waals surface area contributed by atoms with Crippen LogP contribution in [0, 0.1) is 0 Å². The molecule has 7 heteroatoms. The monoisotopic (exact) mass is 297 g/mol. The molecule has 0 spiro atoms. The topological polar surface area (TPSA) is 70.1 Å². The molecule has 1 aliphatic heterocycles. The lowest BCUT2D eigenvalue weighted by molar-refractivity contribution is 0.239. The Morgan fingerprint density at radius 1 is 1.35 bits per heavy atom.